The number of nitrogens with zero attached hydrogens (tertiary/aromatic N) is 4. The first-order valence-electron chi connectivity index (χ1n) is 6.65. The van der Waals surface area contributed by atoms with Crippen LogP contribution in [-0.4, -0.2) is 38.5 Å². The number of aromatic amines is 1. The van der Waals surface area contributed by atoms with E-state index >= 15 is 0 Å². The third kappa shape index (κ3) is 3.16. The number of ether oxygens (including phenoxy) is 1. The van der Waals surface area contributed by atoms with Crippen molar-refractivity contribution < 1.29 is 17.9 Å². The highest BCUT2D eigenvalue weighted by Crippen LogP contribution is 2.32. The van der Waals surface area contributed by atoms with E-state index in [1.807, 2.05) is 0 Å². The van der Waals surface area contributed by atoms with Crippen LogP contribution in [0.25, 0.3) is 0 Å². The number of alkyl halides is 3. The molecule has 22 heavy (non-hydrogen) atoms. The Bertz CT molecular complexity index is 600. The molecule has 0 bridgehead atoms. The highest BCUT2D eigenvalue weighted by atomic mass is 19.4. The van der Waals surface area contributed by atoms with Gasteiger partial charge in [-0.1, -0.05) is 0 Å². The van der Waals surface area contributed by atoms with Gasteiger partial charge in [-0.15, -0.1) is 10.2 Å². The van der Waals surface area contributed by atoms with Gasteiger partial charge in [-0.05, 0) is 18.6 Å². The Kier molecular flexibility index (Phi) is 3.92. The molecule has 10 heteroatoms. The molecule has 2 N–H and O–H groups in total. The fourth-order valence-corrected chi connectivity index (χ4v) is 2.31. The molecule has 0 aliphatic carbocycles. The van der Waals surface area contributed by atoms with Gasteiger partial charge in [-0.2, -0.15) is 18.3 Å². The predicted octanol–water partition coefficient (Wildman–Crippen LogP) is 1.80. The zero-order chi connectivity index (χ0) is 15.6. The molecule has 0 saturated carbocycles. The van der Waals surface area contributed by atoms with Crippen LogP contribution in [0.5, 0.6) is 0 Å². The Balaban J connectivity index is 1.60. The second-order valence-electron chi connectivity index (χ2n) is 4.89. The van der Waals surface area contributed by atoms with E-state index in [1.54, 1.807) is 0 Å². The first kappa shape index (κ1) is 14.7. The van der Waals surface area contributed by atoms with Crippen LogP contribution in [0.15, 0.2) is 18.5 Å². The molecular formula is C12H13F3N6O. The van der Waals surface area contributed by atoms with Crippen molar-refractivity contribution in [2.24, 2.45) is 5.92 Å². The van der Waals surface area contributed by atoms with Crippen LogP contribution in [0, 0.1) is 5.92 Å². The highest BCUT2D eigenvalue weighted by molar-refractivity contribution is 5.33. The smallest absolute Gasteiger partial charge is 0.370 e. The van der Waals surface area contributed by atoms with Crippen molar-refractivity contribution in [2.75, 3.05) is 18.5 Å². The number of hydrogen-bond acceptors (Lipinski definition) is 6. The van der Waals surface area contributed by atoms with Gasteiger partial charge < -0.3 is 10.1 Å². The summed E-state index contributed by atoms with van der Waals surface area (Å²) in [6.45, 7) is 1.09. The van der Waals surface area contributed by atoms with Gasteiger partial charge in [-0.25, -0.2) is 4.98 Å². The normalized spacial score (nSPS) is 22.0. The second-order valence-corrected chi connectivity index (χ2v) is 4.89. The average Bonchev–Trinajstić information content (AvgIpc) is 3.15. The van der Waals surface area contributed by atoms with Crippen molar-refractivity contribution in [1.82, 2.24) is 25.4 Å². The Morgan fingerprint density at radius 1 is 1.32 bits per heavy atom. The fraction of sp³-hybridized carbons (Fsp3) is 0.500. The lowest BCUT2D eigenvalue weighted by atomic mass is 10.0. The summed E-state index contributed by atoms with van der Waals surface area (Å²) in [6.07, 6.45) is -2.48. The Morgan fingerprint density at radius 2 is 2.18 bits per heavy atom. The minimum Gasteiger partial charge on any atom is -0.370 e. The standard InChI is InChI=1S/C12H13F3N6O/c13-12(14,15)8-1-2-9(20-19-8)16-5-7-3-4-22-10(7)11-17-6-18-21-11/h1-2,6-7,10H,3-5H2,(H,16,20)(H,17,18,21)/t7-,10-/m0/s1. The first-order chi connectivity index (χ1) is 10.5. The number of anilines is 1. The summed E-state index contributed by atoms with van der Waals surface area (Å²) in [5, 5.41) is 16.2. The number of aromatic nitrogens is 5. The van der Waals surface area contributed by atoms with E-state index in [2.05, 4.69) is 30.7 Å². The molecule has 0 unspecified atom stereocenters. The van der Waals surface area contributed by atoms with Crippen LogP contribution in [0.1, 0.15) is 24.0 Å². The average molecular weight is 314 g/mol. The summed E-state index contributed by atoms with van der Waals surface area (Å²) in [4.78, 5) is 4.07. The van der Waals surface area contributed by atoms with Crippen LogP contribution in [0.4, 0.5) is 19.0 Å². The van der Waals surface area contributed by atoms with Gasteiger partial charge in [0.25, 0.3) is 0 Å². The summed E-state index contributed by atoms with van der Waals surface area (Å²) < 4.78 is 42.8. The summed E-state index contributed by atoms with van der Waals surface area (Å²) in [6, 6.07) is 2.16. The number of halogens is 3. The van der Waals surface area contributed by atoms with Gasteiger partial charge in [0.15, 0.2) is 11.5 Å². The van der Waals surface area contributed by atoms with Crippen LogP contribution in [0.3, 0.4) is 0 Å². The van der Waals surface area contributed by atoms with Crippen molar-refractivity contribution in [2.45, 2.75) is 18.7 Å². The molecule has 0 spiro atoms. The maximum atomic E-state index is 12.4. The molecule has 7 nitrogen and oxygen atoms in total. The summed E-state index contributed by atoms with van der Waals surface area (Å²) >= 11 is 0. The molecule has 2 aromatic heterocycles. The summed E-state index contributed by atoms with van der Waals surface area (Å²) in [5.74, 6) is 1.05. The SMILES string of the molecule is FC(F)(F)c1ccc(NC[C@@H]2CCO[C@@H]2c2ncn[nH]2)nn1. The molecule has 1 aliphatic heterocycles. The van der Waals surface area contributed by atoms with E-state index in [4.69, 9.17) is 4.74 Å². The lowest BCUT2D eigenvalue weighted by Gasteiger charge is -2.17. The maximum absolute atomic E-state index is 12.4. The van der Waals surface area contributed by atoms with Crippen molar-refractivity contribution in [1.29, 1.82) is 0 Å². The van der Waals surface area contributed by atoms with Crippen LogP contribution >= 0.6 is 0 Å². The third-order valence-electron chi connectivity index (χ3n) is 3.42. The zero-order valence-electron chi connectivity index (χ0n) is 11.3. The molecule has 2 atom stereocenters. The summed E-state index contributed by atoms with van der Waals surface area (Å²) in [5.41, 5.74) is -1.01. The molecule has 2 aromatic rings. The number of rotatable bonds is 4. The highest BCUT2D eigenvalue weighted by Gasteiger charge is 2.33. The van der Waals surface area contributed by atoms with E-state index in [0.29, 0.717) is 19.0 Å². The van der Waals surface area contributed by atoms with Gasteiger partial charge in [0.1, 0.15) is 18.2 Å². The summed E-state index contributed by atoms with van der Waals surface area (Å²) in [7, 11) is 0. The second kappa shape index (κ2) is 5.87. The van der Waals surface area contributed by atoms with Gasteiger partial charge in [0.2, 0.25) is 0 Å². The predicted molar refractivity (Wildman–Crippen MR) is 68.7 cm³/mol. The van der Waals surface area contributed by atoms with Crippen LogP contribution < -0.4 is 5.32 Å². The largest absolute Gasteiger partial charge is 0.435 e. The molecule has 1 aliphatic rings. The molecule has 1 saturated heterocycles. The number of nitrogens with one attached hydrogen (secondary N) is 2. The van der Waals surface area contributed by atoms with E-state index in [0.717, 1.165) is 12.5 Å². The molecular weight excluding hydrogens is 301 g/mol. The van der Waals surface area contributed by atoms with Crippen molar-refractivity contribution in [3.63, 3.8) is 0 Å². The van der Waals surface area contributed by atoms with Crippen LogP contribution in [0.2, 0.25) is 0 Å². The minimum atomic E-state index is -4.48. The van der Waals surface area contributed by atoms with Gasteiger partial charge in [0.05, 0.1) is 0 Å². The molecule has 3 rings (SSSR count). The first-order valence-corrected chi connectivity index (χ1v) is 6.65. The number of hydrogen-bond donors (Lipinski definition) is 2. The van der Waals surface area contributed by atoms with Crippen molar-refractivity contribution in [3.8, 4) is 0 Å². The monoisotopic (exact) mass is 314 g/mol. The van der Waals surface area contributed by atoms with E-state index in [1.165, 1.54) is 12.4 Å². The lowest BCUT2D eigenvalue weighted by Crippen LogP contribution is -2.20. The van der Waals surface area contributed by atoms with Crippen molar-refractivity contribution >= 4 is 5.82 Å². The molecule has 118 valence electrons. The quantitative estimate of drug-likeness (QED) is 0.894. The van der Waals surface area contributed by atoms with Gasteiger partial charge in [0, 0.05) is 19.1 Å². The number of H-pyrrole nitrogens is 1. The van der Waals surface area contributed by atoms with E-state index < -0.39 is 11.9 Å². The van der Waals surface area contributed by atoms with Gasteiger partial charge in [-0.3, -0.25) is 5.10 Å². The minimum absolute atomic E-state index is 0.122. The molecule has 0 amide bonds. The topological polar surface area (TPSA) is 88.6 Å². The van der Waals surface area contributed by atoms with Gasteiger partial charge >= 0.3 is 6.18 Å². The maximum Gasteiger partial charge on any atom is 0.435 e. The molecule has 0 radical (unpaired) electrons. The Hall–Kier alpha value is -2.23. The van der Waals surface area contributed by atoms with E-state index in [9.17, 15) is 13.2 Å². The Labute approximate surface area is 123 Å². The molecule has 1 fully saturated rings. The Morgan fingerprint density at radius 3 is 2.82 bits per heavy atom. The van der Waals surface area contributed by atoms with Crippen molar-refractivity contribution in [3.05, 3.63) is 30.0 Å². The van der Waals surface area contributed by atoms with E-state index in [-0.39, 0.29) is 17.8 Å². The fourth-order valence-electron chi connectivity index (χ4n) is 2.31. The molecule has 0 aromatic carbocycles. The molecule has 3 heterocycles. The third-order valence-corrected chi connectivity index (χ3v) is 3.42. The van der Waals surface area contributed by atoms with Crippen LogP contribution in [-0.2, 0) is 10.9 Å². The lowest BCUT2D eigenvalue weighted by molar-refractivity contribution is -0.141. The zero-order valence-corrected chi connectivity index (χ0v) is 11.3.